The molecule has 0 aliphatic carbocycles. The molecule has 0 radical (unpaired) electrons. The fourth-order valence-electron chi connectivity index (χ4n) is 3.27. The quantitative estimate of drug-likeness (QED) is 0.721. The summed E-state index contributed by atoms with van der Waals surface area (Å²) in [7, 11) is 0. The van der Waals surface area contributed by atoms with Crippen LogP contribution in [0.25, 0.3) is 0 Å². The molecule has 4 rings (SSSR count). The van der Waals surface area contributed by atoms with Gasteiger partial charge >= 0.3 is 5.97 Å². The highest BCUT2D eigenvalue weighted by Gasteiger charge is 2.31. The van der Waals surface area contributed by atoms with Gasteiger partial charge in [0.1, 0.15) is 18.1 Å². The van der Waals surface area contributed by atoms with Gasteiger partial charge in [0.25, 0.3) is 5.56 Å². The van der Waals surface area contributed by atoms with Gasteiger partial charge < -0.3 is 14.5 Å². The van der Waals surface area contributed by atoms with Crippen LogP contribution in [0.5, 0.6) is 11.5 Å². The first-order valence-corrected chi connectivity index (χ1v) is 8.66. The van der Waals surface area contributed by atoms with E-state index in [1.165, 1.54) is 0 Å². The third kappa shape index (κ3) is 3.60. The van der Waals surface area contributed by atoms with E-state index in [0.717, 1.165) is 11.1 Å². The molecule has 1 N–H and O–H groups in total. The lowest BCUT2D eigenvalue weighted by Gasteiger charge is -2.24. The second-order valence-electron chi connectivity index (χ2n) is 6.51. The molecule has 0 fully saturated rings. The number of rotatable bonds is 4. The van der Waals surface area contributed by atoms with Crippen LogP contribution in [-0.4, -0.2) is 15.9 Å². The zero-order chi connectivity index (χ0) is 18.8. The minimum absolute atomic E-state index is 0.116. The molecule has 27 heavy (non-hydrogen) atoms. The molecule has 0 amide bonds. The number of ether oxygens (including phenoxy) is 2. The summed E-state index contributed by atoms with van der Waals surface area (Å²) in [6, 6.07) is 12.9. The molecule has 1 aliphatic rings. The van der Waals surface area contributed by atoms with Gasteiger partial charge in [-0.2, -0.15) is 0 Å². The van der Waals surface area contributed by atoms with Gasteiger partial charge in [-0.3, -0.25) is 14.6 Å². The Morgan fingerprint density at radius 2 is 2.11 bits per heavy atom. The average Bonchev–Trinajstić information content (AvgIpc) is 2.66. The highest BCUT2D eigenvalue weighted by atomic mass is 16.5. The van der Waals surface area contributed by atoms with E-state index >= 15 is 0 Å². The van der Waals surface area contributed by atoms with Crippen molar-refractivity contribution in [3.05, 3.63) is 87.6 Å². The minimum atomic E-state index is -0.368. The summed E-state index contributed by atoms with van der Waals surface area (Å²) in [4.78, 5) is 31.4. The van der Waals surface area contributed by atoms with Crippen molar-refractivity contribution in [1.82, 2.24) is 9.97 Å². The van der Waals surface area contributed by atoms with Crippen molar-refractivity contribution in [2.24, 2.45) is 0 Å². The van der Waals surface area contributed by atoms with Crippen LogP contribution < -0.4 is 15.0 Å². The first kappa shape index (κ1) is 17.0. The molecule has 1 aliphatic heterocycles. The largest absolute Gasteiger partial charge is 0.489 e. The number of nitrogens with one attached hydrogen (secondary N) is 1. The fraction of sp³-hybridized carbons (Fsp3) is 0.190. The molecule has 1 atom stereocenters. The number of hydrogen-bond donors (Lipinski definition) is 1. The summed E-state index contributed by atoms with van der Waals surface area (Å²) in [5.41, 5.74) is 2.70. The molecule has 6 nitrogen and oxygen atoms in total. The molecule has 0 bridgehead atoms. The Labute approximate surface area is 155 Å². The smallest absolute Gasteiger partial charge is 0.312 e. The zero-order valence-corrected chi connectivity index (χ0v) is 14.8. The van der Waals surface area contributed by atoms with Gasteiger partial charge in [-0.05, 0) is 30.7 Å². The first-order chi connectivity index (χ1) is 13.1. The molecule has 0 spiro atoms. The standard InChI is InChI=1S/C21H18N2O4/c1-13-8-18-20(21(25)23-13)17(10-19(24)27-18)15-5-2-6-16(9-15)26-12-14-4-3-7-22-11-14/h2-9,11,17H,10,12H2,1H3,(H,23,25)/t17-/m0/s1. The van der Waals surface area contributed by atoms with Gasteiger partial charge in [0.2, 0.25) is 0 Å². The van der Waals surface area contributed by atoms with Crippen molar-refractivity contribution in [3.8, 4) is 11.5 Å². The van der Waals surface area contributed by atoms with Crippen LogP contribution in [0.2, 0.25) is 0 Å². The Morgan fingerprint density at radius 1 is 1.22 bits per heavy atom. The van der Waals surface area contributed by atoms with Crippen LogP contribution in [0, 0.1) is 6.92 Å². The number of aryl methyl sites for hydroxylation is 1. The number of aromatic nitrogens is 2. The van der Waals surface area contributed by atoms with Gasteiger partial charge in [0.15, 0.2) is 0 Å². The Hall–Kier alpha value is -3.41. The van der Waals surface area contributed by atoms with E-state index in [-0.39, 0.29) is 23.9 Å². The summed E-state index contributed by atoms with van der Waals surface area (Å²) in [6.45, 7) is 2.15. The van der Waals surface area contributed by atoms with E-state index in [9.17, 15) is 9.59 Å². The second-order valence-corrected chi connectivity index (χ2v) is 6.51. The lowest BCUT2D eigenvalue weighted by atomic mass is 9.87. The van der Waals surface area contributed by atoms with Crippen molar-refractivity contribution in [2.45, 2.75) is 25.9 Å². The predicted octanol–water partition coefficient (Wildman–Crippen LogP) is 3.10. The molecule has 2 aromatic heterocycles. The molecule has 0 saturated heterocycles. The van der Waals surface area contributed by atoms with Crippen molar-refractivity contribution in [2.75, 3.05) is 0 Å². The molecule has 6 heteroatoms. The molecular weight excluding hydrogens is 344 g/mol. The number of pyridine rings is 2. The maximum atomic E-state index is 12.5. The van der Waals surface area contributed by atoms with Gasteiger partial charge in [0, 0.05) is 35.6 Å². The molecule has 0 unspecified atom stereocenters. The maximum Gasteiger partial charge on any atom is 0.312 e. The Bertz CT molecular complexity index is 1040. The Kier molecular flexibility index (Phi) is 4.46. The van der Waals surface area contributed by atoms with Crippen LogP contribution in [0.1, 0.15) is 34.7 Å². The third-order valence-corrected chi connectivity index (χ3v) is 4.50. The number of carbonyl (C=O) groups excluding carboxylic acids is 1. The minimum Gasteiger partial charge on any atom is -0.489 e. The fourth-order valence-corrected chi connectivity index (χ4v) is 3.27. The summed E-state index contributed by atoms with van der Waals surface area (Å²) in [6.07, 6.45) is 3.58. The number of esters is 1. The van der Waals surface area contributed by atoms with E-state index in [4.69, 9.17) is 9.47 Å². The van der Waals surface area contributed by atoms with Gasteiger partial charge in [-0.15, -0.1) is 0 Å². The summed E-state index contributed by atoms with van der Waals surface area (Å²) in [5.74, 6) is 0.284. The number of H-pyrrole nitrogens is 1. The van der Waals surface area contributed by atoms with Crippen molar-refractivity contribution < 1.29 is 14.3 Å². The number of hydrogen-bond acceptors (Lipinski definition) is 5. The van der Waals surface area contributed by atoms with E-state index in [1.807, 2.05) is 36.4 Å². The first-order valence-electron chi connectivity index (χ1n) is 8.66. The number of fused-ring (bicyclic) bond motifs is 1. The van der Waals surface area contributed by atoms with E-state index < -0.39 is 0 Å². The molecule has 3 heterocycles. The Balaban J connectivity index is 1.64. The number of carbonyl (C=O) groups is 1. The normalized spacial score (nSPS) is 15.7. The monoisotopic (exact) mass is 362 g/mol. The van der Waals surface area contributed by atoms with Gasteiger partial charge in [-0.1, -0.05) is 18.2 Å². The summed E-state index contributed by atoms with van der Waals surface area (Å²) < 4.78 is 11.1. The Morgan fingerprint density at radius 3 is 2.93 bits per heavy atom. The lowest BCUT2D eigenvalue weighted by molar-refractivity contribution is -0.135. The zero-order valence-electron chi connectivity index (χ0n) is 14.8. The van der Waals surface area contributed by atoms with E-state index in [2.05, 4.69) is 9.97 Å². The van der Waals surface area contributed by atoms with Crippen LogP contribution in [-0.2, 0) is 11.4 Å². The maximum absolute atomic E-state index is 12.5. The molecule has 3 aromatic rings. The summed E-state index contributed by atoms with van der Waals surface area (Å²) in [5, 5.41) is 0. The van der Waals surface area contributed by atoms with Gasteiger partial charge in [0.05, 0.1) is 12.0 Å². The highest BCUT2D eigenvalue weighted by molar-refractivity contribution is 5.77. The molecule has 1 aromatic carbocycles. The van der Waals surface area contributed by atoms with Crippen LogP contribution in [0.3, 0.4) is 0 Å². The van der Waals surface area contributed by atoms with Crippen molar-refractivity contribution >= 4 is 5.97 Å². The number of aromatic amines is 1. The molecule has 136 valence electrons. The SMILES string of the molecule is Cc1cc2c(c(=O)[nH]1)[C@H](c1cccc(OCc3cccnc3)c1)CC(=O)O2. The molecule has 0 saturated carbocycles. The van der Waals surface area contributed by atoms with E-state index in [0.29, 0.717) is 29.4 Å². The number of nitrogens with zero attached hydrogens (tertiary/aromatic N) is 1. The predicted molar refractivity (Wildman–Crippen MR) is 98.9 cm³/mol. The van der Waals surface area contributed by atoms with Gasteiger partial charge in [-0.25, -0.2) is 0 Å². The highest BCUT2D eigenvalue weighted by Crippen LogP contribution is 2.37. The van der Waals surface area contributed by atoms with Crippen LogP contribution >= 0.6 is 0 Å². The summed E-state index contributed by atoms with van der Waals surface area (Å²) >= 11 is 0. The molecular formula is C21H18N2O4. The number of benzene rings is 1. The van der Waals surface area contributed by atoms with E-state index in [1.54, 1.807) is 25.4 Å². The average molecular weight is 362 g/mol. The lowest BCUT2D eigenvalue weighted by Crippen LogP contribution is -2.28. The van der Waals surface area contributed by atoms with Crippen molar-refractivity contribution in [3.63, 3.8) is 0 Å². The van der Waals surface area contributed by atoms with Crippen LogP contribution in [0.15, 0.2) is 59.7 Å². The van der Waals surface area contributed by atoms with Crippen molar-refractivity contribution in [1.29, 1.82) is 0 Å². The third-order valence-electron chi connectivity index (χ3n) is 4.50. The second kappa shape index (κ2) is 7.07. The van der Waals surface area contributed by atoms with Crippen LogP contribution in [0.4, 0.5) is 0 Å². The topological polar surface area (TPSA) is 81.3 Å².